The first-order valence-corrected chi connectivity index (χ1v) is 18.9. The summed E-state index contributed by atoms with van der Waals surface area (Å²) < 4.78 is 0. The smallest absolute Gasteiger partial charge is 0.00395 e. The minimum Gasteiger partial charge on any atom is -0.141 e. The molecule has 0 saturated heterocycles. The van der Waals surface area contributed by atoms with Crippen molar-refractivity contribution in [2.75, 3.05) is 12.3 Å². The van der Waals surface area contributed by atoms with E-state index in [1.165, 1.54) is 70.6 Å². The first kappa shape index (κ1) is 36.6. The molecule has 3 atom stereocenters. The lowest BCUT2D eigenvalue weighted by Crippen LogP contribution is -2.20. The third kappa shape index (κ3) is 24.9. The largest absolute Gasteiger partial charge is 0.141 e. The maximum Gasteiger partial charge on any atom is 0.00395 e. The van der Waals surface area contributed by atoms with Gasteiger partial charge in [0.1, 0.15) is 0 Å². The summed E-state index contributed by atoms with van der Waals surface area (Å²) in [5.41, 5.74) is 0.805. The Kier molecular flexibility index (Phi) is 19.7. The van der Waals surface area contributed by atoms with Crippen molar-refractivity contribution in [1.29, 1.82) is 0 Å². The summed E-state index contributed by atoms with van der Waals surface area (Å²) in [5, 5.41) is -0.878. The lowest BCUT2D eigenvalue weighted by atomic mass is 9.86. The molecule has 0 aromatic heterocycles. The summed E-state index contributed by atoms with van der Waals surface area (Å²) in [6.45, 7) is 25.5. The summed E-state index contributed by atoms with van der Waals surface area (Å²) >= 11 is 10.7. The molecule has 0 fully saturated rings. The molecule has 3 unspecified atom stereocenters. The minimum absolute atomic E-state index is 0.402. The highest BCUT2D eigenvalue weighted by Gasteiger charge is 2.25. The highest BCUT2D eigenvalue weighted by atomic mass is 32.9. The van der Waals surface area contributed by atoms with Gasteiger partial charge in [-0.25, -0.2) is 0 Å². The molecule has 0 spiro atoms. The Morgan fingerprint density at radius 3 is 1.18 bits per heavy atom. The molecule has 0 amide bonds. The quantitative estimate of drug-likeness (QED) is 0.160. The van der Waals surface area contributed by atoms with Gasteiger partial charge in [0.05, 0.1) is 0 Å². The van der Waals surface area contributed by atoms with Gasteiger partial charge in [-0.15, -0.1) is 21.5 Å². The van der Waals surface area contributed by atoms with E-state index >= 15 is 0 Å². The van der Waals surface area contributed by atoms with E-state index in [1.807, 2.05) is 0 Å². The molecule has 4 heteroatoms. The van der Waals surface area contributed by atoms with Gasteiger partial charge in [0, 0.05) is 5.24 Å². The van der Waals surface area contributed by atoms with E-state index in [0.717, 1.165) is 12.3 Å². The lowest BCUT2D eigenvalue weighted by Gasteiger charge is -2.30. The van der Waals surface area contributed by atoms with Crippen LogP contribution in [0.4, 0.5) is 0 Å². The molecule has 0 aromatic rings. The second-order valence-electron chi connectivity index (χ2n) is 13.6. The predicted molar refractivity (Wildman–Crippen MR) is 170 cm³/mol. The number of hydrogen-bond acceptors (Lipinski definition) is 1. The molecular formula is C29H64P2S2. The highest BCUT2D eigenvalue weighted by molar-refractivity contribution is 8.63. The molecule has 0 aromatic carbocycles. The molecule has 202 valence electrons. The van der Waals surface area contributed by atoms with Crippen LogP contribution in [0.1, 0.15) is 147 Å². The van der Waals surface area contributed by atoms with Gasteiger partial charge in [0.15, 0.2) is 0 Å². The summed E-state index contributed by atoms with van der Waals surface area (Å²) in [7, 11) is 3.17. The monoisotopic (exact) mass is 538 g/mol. The third-order valence-corrected chi connectivity index (χ3v) is 11.3. The van der Waals surface area contributed by atoms with Crippen LogP contribution in [0.2, 0.25) is 0 Å². The number of hydrogen-bond donors (Lipinski definition) is 1. The topological polar surface area (TPSA) is 0 Å². The van der Waals surface area contributed by atoms with Crippen molar-refractivity contribution in [3.63, 3.8) is 0 Å². The Balaban J connectivity index is 0. The van der Waals surface area contributed by atoms with Crippen LogP contribution < -0.4 is 0 Å². The second kappa shape index (κ2) is 17.8. The van der Waals surface area contributed by atoms with Gasteiger partial charge in [-0.1, -0.05) is 126 Å². The summed E-state index contributed by atoms with van der Waals surface area (Å²) in [5.74, 6) is 1.40. The zero-order chi connectivity index (χ0) is 26.3. The molecule has 0 aliphatic carbocycles. The Morgan fingerprint density at radius 1 is 0.697 bits per heavy atom. The molecule has 0 N–H and O–H groups in total. The van der Waals surface area contributed by atoms with Crippen molar-refractivity contribution >= 4 is 38.5 Å². The van der Waals surface area contributed by atoms with Crippen LogP contribution in [0, 0.1) is 22.7 Å². The second-order valence-corrected chi connectivity index (χ2v) is 22.5. The zero-order valence-corrected chi connectivity index (χ0v) is 28.5. The molecule has 0 aliphatic rings. The van der Waals surface area contributed by atoms with Crippen LogP contribution in [-0.4, -0.2) is 17.5 Å². The molecule has 33 heavy (non-hydrogen) atoms. The van der Waals surface area contributed by atoms with E-state index in [1.54, 1.807) is 0 Å². The van der Waals surface area contributed by atoms with Crippen LogP contribution in [0.5, 0.6) is 0 Å². The summed E-state index contributed by atoms with van der Waals surface area (Å²) in [6.07, 6.45) is 17.3. The van der Waals surface area contributed by atoms with Crippen molar-refractivity contribution in [1.82, 2.24) is 0 Å². The Morgan fingerprint density at radius 2 is 0.970 bits per heavy atom. The summed E-state index contributed by atoms with van der Waals surface area (Å²) in [4.78, 5) is 0. The maximum atomic E-state index is 5.85. The van der Waals surface area contributed by atoms with Gasteiger partial charge in [-0.3, -0.25) is 0 Å². The third-order valence-electron chi connectivity index (χ3n) is 6.20. The van der Waals surface area contributed by atoms with Crippen LogP contribution in [0.25, 0.3) is 0 Å². The standard InChI is InChI=1S/C16H35PS2.C13H29P/c1-13(9-15(3,4)5)11-17(18,19)12-14(2)10-16(6,7)8;1-4-7-10-13(14,11-8-5-2)12-9-6-3/h13-14H,9-12H2,1-8H3,(H,18,19);4-12,14H2,1-3H3. The van der Waals surface area contributed by atoms with E-state index in [0.29, 0.717) is 27.8 Å². The first-order valence-electron chi connectivity index (χ1n) is 14.0. The molecule has 0 bridgehead atoms. The molecule has 0 nitrogen and oxygen atoms in total. The SMILES string of the molecule is CC(CC(C)(C)C)CP(=S)(S)CC(C)CC(C)(C)C.CCCCC(P)(CCCC)CCCC. The van der Waals surface area contributed by atoms with E-state index in [2.05, 4.69) is 85.4 Å². The van der Waals surface area contributed by atoms with Gasteiger partial charge < -0.3 is 0 Å². The fourth-order valence-corrected chi connectivity index (χ4v) is 11.4. The van der Waals surface area contributed by atoms with E-state index in [9.17, 15) is 0 Å². The molecule has 0 radical (unpaired) electrons. The van der Waals surface area contributed by atoms with Crippen molar-refractivity contribution < 1.29 is 0 Å². The lowest BCUT2D eigenvalue weighted by molar-refractivity contribution is 0.319. The fraction of sp³-hybridized carbons (Fsp3) is 1.00. The zero-order valence-electron chi connectivity index (χ0n) is 24.7. The number of thiol groups is 1. The van der Waals surface area contributed by atoms with Gasteiger partial charge in [-0.2, -0.15) is 0 Å². The molecular weight excluding hydrogens is 474 g/mol. The van der Waals surface area contributed by atoms with Crippen LogP contribution in [-0.2, 0) is 11.8 Å². The first-order chi connectivity index (χ1) is 14.9. The Bertz CT molecular complexity index is 467. The van der Waals surface area contributed by atoms with Crippen LogP contribution in [0.3, 0.4) is 0 Å². The maximum absolute atomic E-state index is 5.85. The number of unbranched alkanes of at least 4 members (excludes halogenated alkanes) is 3. The molecule has 0 aliphatic heterocycles. The van der Waals surface area contributed by atoms with Gasteiger partial charge >= 0.3 is 0 Å². The minimum atomic E-state index is -1.45. The Hall–Kier alpha value is 1.43. The van der Waals surface area contributed by atoms with E-state index < -0.39 is 5.24 Å². The predicted octanol–water partition coefficient (Wildman–Crippen LogP) is 11.6. The van der Waals surface area contributed by atoms with E-state index in [-0.39, 0.29) is 0 Å². The average molecular weight is 539 g/mol. The normalized spacial score (nSPS) is 16.5. The average Bonchev–Trinajstić information content (AvgIpc) is 2.59. The van der Waals surface area contributed by atoms with Crippen LogP contribution >= 0.6 is 26.7 Å². The van der Waals surface area contributed by atoms with Crippen molar-refractivity contribution in [2.24, 2.45) is 22.7 Å². The molecule has 0 heterocycles. The highest BCUT2D eigenvalue weighted by Crippen LogP contribution is 2.55. The molecule has 0 saturated carbocycles. The number of rotatable bonds is 15. The Labute approximate surface area is 224 Å². The van der Waals surface area contributed by atoms with Crippen LogP contribution in [0.15, 0.2) is 0 Å². The van der Waals surface area contributed by atoms with Crippen molar-refractivity contribution in [2.45, 2.75) is 152 Å². The van der Waals surface area contributed by atoms with Crippen molar-refractivity contribution in [3.05, 3.63) is 0 Å². The molecule has 0 rings (SSSR count). The van der Waals surface area contributed by atoms with Gasteiger partial charge in [-0.05, 0) is 72.2 Å². The fourth-order valence-electron chi connectivity index (χ4n) is 5.23. The van der Waals surface area contributed by atoms with Crippen molar-refractivity contribution in [3.8, 4) is 0 Å². The van der Waals surface area contributed by atoms with Gasteiger partial charge in [0.25, 0.3) is 0 Å². The summed E-state index contributed by atoms with van der Waals surface area (Å²) in [6, 6.07) is 0. The van der Waals surface area contributed by atoms with Gasteiger partial charge in [0.2, 0.25) is 0 Å². The van der Waals surface area contributed by atoms with E-state index in [4.69, 9.17) is 24.1 Å².